The van der Waals surface area contributed by atoms with Gasteiger partial charge in [0.1, 0.15) is 6.04 Å². The molecule has 2 amide bonds. The Morgan fingerprint density at radius 2 is 1.66 bits per heavy atom. The van der Waals surface area contributed by atoms with E-state index in [-0.39, 0.29) is 23.4 Å². The quantitative estimate of drug-likeness (QED) is 0.447. The minimum Gasteiger partial charge on any atom is -0.343 e. The Bertz CT molecular complexity index is 1170. The van der Waals surface area contributed by atoms with Crippen LogP contribution >= 0.6 is 11.6 Å². The third-order valence-corrected chi connectivity index (χ3v) is 9.83. The Morgan fingerprint density at radius 3 is 2.32 bits per heavy atom. The molecule has 0 radical (unpaired) electrons. The third kappa shape index (κ3) is 7.14. The van der Waals surface area contributed by atoms with E-state index in [1.807, 2.05) is 41.3 Å². The van der Waals surface area contributed by atoms with E-state index in [9.17, 15) is 9.59 Å². The molecule has 0 spiro atoms. The lowest BCUT2D eigenvalue weighted by atomic mass is 9.92. The second kappa shape index (κ2) is 13.7. The zero-order valence-electron chi connectivity index (χ0n) is 24.7. The van der Waals surface area contributed by atoms with Gasteiger partial charge in [-0.3, -0.25) is 14.5 Å². The van der Waals surface area contributed by atoms with Gasteiger partial charge in [0.05, 0.1) is 6.04 Å². The molecule has 2 fully saturated rings. The summed E-state index contributed by atoms with van der Waals surface area (Å²) in [7, 11) is 0. The molecule has 3 aliphatic rings. The monoisotopic (exact) mass is 579 g/mol. The number of benzene rings is 2. The lowest BCUT2D eigenvalue weighted by Gasteiger charge is -2.48. The standard InChI is InChI=1S/C33H46ClN5O2/c1-3-37(4-2)24-33(15-7-8-16-33)39-19-17-38(18-20-39)32(41)30(21-25-11-13-28(34)14-12-25)36-31(40)29-22-26-9-5-6-10-27(26)23-35-29/h5-6,9-14,29-30,35H,3-4,7-8,15-24H2,1-2H3,(H,36,40)/t29-,30-/m1/s1. The number of rotatable bonds is 10. The summed E-state index contributed by atoms with van der Waals surface area (Å²) in [5.74, 6) is -0.108. The van der Waals surface area contributed by atoms with Gasteiger partial charge < -0.3 is 20.4 Å². The van der Waals surface area contributed by atoms with Crippen molar-refractivity contribution in [2.24, 2.45) is 0 Å². The van der Waals surface area contributed by atoms with Crippen LogP contribution in [0.3, 0.4) is 0 Å². The van der Waals surface area contributed by atoms with Crippen molar-refractivity contribution in [1.29, 1.82) is 0 Å². The molecule has 2 heterocycles. The maximum Gasteiger partial charge on any atom is 0.245 e. The molecule has 7 nitrogen and oxygen atoms in total. The van der Waals surface area contributed by atoms with Crippen LogP contribution in [-0.2, 0) is 29.0 Å². The number of likely N-dealkylation sites (N-methyl/N-ethyl adjacent to an activating group) is 1. The van der Waals surface area contributed by atoms with Gasteiger partial charge in [-0.25, -0.2) is 0 Å². The molecule has 2 aromatic rings. The van der Waals surface area contributed by atoms with E-state index in [1.54, 1.807) is 0 Å². The first-order chi connectivity index (χ1) is 19.9. The smallest absolute Gasteiger partial charge is 0.245 e. The maximum atomic E-state index is 14.0. The lowest BCUT2D eigenvalue weighted by molar-refractivity contribution is -0.139. The molecular weight excluding hydrogens is 534 g/mol. The number of fused-ring (bicyclic) bond motifs is 1. The molecule has 8 heteroatoms. The van der Waals surface area contributed by atoms with Gasteiger partial charge >= 0.3 is 0 Å². The summed E-state index contributed by atoms with van der Waals surface area (Å²) in [6.07, 6.45) is 6.12. The Balaban J connectivity index is 1.26. The van der Waals surface area contributed by atoms with Crippen LogP contribution in [0.5, 0.6) is 0 Å². The average molecular weight is 580 g/mol. The van der Waals surface area contributed by atoms with Gasteiger partial charge in [0.25, 0.3) is 0 Å². The largest absolute Gasteiger partial charge is 0.343 e. The van der Waals surface area contributed by atoms with Crippen molar-refractivity contribution in [2.75, 3.05) is 45.8 Å². The summed E-state index contributed by atoms with van der Waals surface area (Å²) in [6, 6.07) is 14.8. The van der Waals surface area contributed by atoms with E-state index in [4.69, 9.17) is 11.6 Å². The van der Waals surface area contributed by atoms with Crippen LogP contribution in [0.4, 0.5) is 0 Å². The topological polar surface area (TPSA) is 67.9 Å². The Hall–Kier alpha value is -2.45. The highest BCUT2D eigenvalue weighted by atomic mass is 35.5. The summed E-state index contributed by atoms with van der Waals surface area (Å²) in [5, 5.41) is 7.18. The zero-order valence-corrected chi connectivity index (χ0v) is 25.5. The second-order valence-electron chi connectivity index (χ2n) is 12.0. The first-order valence-corrected chi connectivity index (χ1v) is 15.9. The Kier molecular flexibility index (Phi) is 10.0. The zero-order chi connectivity index (χ0) is 28.8. The SMILES string of the molecule is CCN(CC)CC1(N2CCN(C(=O)[C@@H](Cc3ccc(Cl)cc3)NC(=O)[C@H]3Cc4ccccc4CN3)CC2)CCCC1. The fourth-order valence-corrected chi connectivity index (χ4v) is 7.19. The fraction of sp³-hybridized carbons (Fsp3) is 0.576. The van der Waals surface area contributed by atoms with Crippen LogP contribution in [0.25, 0.3) is 0 Å². The van der Waals surface area contributed by atoms with E-state index < -0.39 is 6.04 Å². The van der Waals surface area contributed by atoms with Crippen molar-refractivity contribution in [2.45, 2.75) is 76.5 Å². The maximum absolute atomic E-state index is 14.0. The molecule has 2 N–H and O–H groups in total. The number of hydrogen-bond donors (Lipinski definition) is 2. The van der Waals surface area contributed by atoms with Gasteiger partial charge in [0.2, 0.25) is 11.8 Å². The minimum atomic E-state index is -0.620. The van der Waals surface area contributed by atoms with E-state index in [0.29, 0.717) is 37.5 Å². The summed E-state index contributed by atoms with van der Waals surface area (Å²) in [6.45, 7) is 11.6. The van der Waals surface area contributed by atoms with Gasteiger partial charge in [-0.05, 0) is 61.2 Å². The number of nitrogens with one attached hydrogen (secondary N) is 2. The molecule has 2 aliphatic heterocycles. The van der Waals surface area contributed by atoms with Crippen molar-refractivity contribution in [1.82, 2.24) is 25.3 Å². The number of piperazine rings is 1. The van der Waals surface area contributed by atoms with Crippen molar-refractivity contribution < 1.29 is 9.59 Å². The molecule has 41 heavy (non-hydrogen) atoms. The predicted octanol–water partition coefficient (Wildman–Crippen LogP) is 3.88. The molecule has 2 aromatic carbocycles. The number of carbonyl (C=O) groups excluding carboxylic acids is 2. The van der Waals surface area contributed by atoms with Crippen LogP contribution in [0.2, 0.25) is 5.02 Å². The van der Waals surface area contributed by atoms with Crippen LogP contribution < -0.4 is 10.6 Å². The molecule has 5 rings (SSSR count). The predicted molar refractivity (Wildman–Crippen MR) is 165 cm³/mol. The molecule has 2 atom stereocenters. The van der Waals surface area contributed by atoms with Crippen molar-refractivity contribution >= 4 is 23.4 Å². The number of halogens is 1. The number of carbonyl (C=O) groups is 2. The van der Waals surface area contributed by atoms with Crippen LogP contribution in [0, 0.1) is 0 Å². The molecule has 0 bridgehead atoms. The van der Waals surface area contributed by atoms with Gasteiger partial charge in [0, 0.05) is 56.3 Å². The van der Waals surface area contributed by atoms with Crippen LogP contribution in [0.15, 0.2) is 48.5 Å². The van der Waals surface area contributed by atoms with E-state index in [2.05, 4.69) is 46.4 Å². The molecule has 1 aliphatic carbocycles. The highest BCUT2D eigenvalue weighted by molar-refractivity contribution is 6.30. The molecule has 0 unspecified atom stereocenters. The second-order valence-corrected chi connectivity index (χ2v) is 12.4. The summed E-state index contributed by atoms with van der Waals surface area (Å²) < 4.78 is 0. The fourth-order valence-electron chi connectivity index (χ4n) is 7.06. The van der Waals surface area contributed by atoms with Crippen molar-refractivity contribution in [3.63, 3.8) is 0 Å². The van der Waals surface area contributed by atoms with Gasteiger partial charge in [0.15, 0.2) is 0 Å². The van der Waals surface area contributed by atoms with E-state index in [0.717, 1.165) is 38.3 Å². The van der Waals surface area contributed by atoms with Gasteiger partial charge in [-0.15, -0.1) is 0 Å². The van der Waals surface area contributed by atoms with Gasteiger partial charge in [-0.2, -0.15) is 0 Å². The van der Waals surface area contributed by atoms with Gasteiger partial charge in [-0.1, -0.05) is 74.7 Å². The summed E-state index contributed by atoms with van der Waals surface area (Å²) in [4.78, 5) is 34.7. The summed E-state index contributed by atoms with van der Waals surface area (Å²) in [5.41, 5.74) is 3.62. The molecule has 1 saturated carbocycles. The highest BCUT2D eigenvalue weighted by Crippen LogP contribution is 2.37. The van der Waals surface area contributed by atoms with Crippen LogP contribution in [0.1, 0.15) is 56.2 Å². The number of hydrogen-bond acceptors (Lipinski definition) is 5. The first kappa shape index (κ1) is 30.0. The van der Waals surface area contributed by atoms with Crippen molar-refractivity contribution in [3.8, 4) is 0 Å². The molecule has 0 aromatic heterocycles. The average Bonchev–Trinajstić information content (AvgIpc) is 3.49. The third-order valence-electron chi connectivity index (χ3n) is 9.57. The molecular formula is C33H46ClN5O2. The first-order valence-electron chi connectivity index (χ1n) is 15.5. The van der Waals surface area contributed by atoms with Crippen molar-refractivity contribution in [3.05, 3.63) is 70.2 Å². The van der Waals surface area contributed by atoms with E-state index in [1.165, 1.54) is 36.8 Å². The molecule has 222 valence electrons. The summed E-state index contributed by atoms with van der Waals surface area (Å²) >= 11 is 6.13. The normalized spacial score (nSPS) is 21.5. The number of amides is 2. The van der Waals surface area contributed by atoms with E-state index >= 15 is 0 Å². The highest BCUT2D eigenvalue weighted by Gasteiger charge is 2.42. The minimum absolute atomic E-state index is 0.00775. The molecule has 1 saturated heterocycles. The lowest BCUT2D eigenvalue weighted by Crippen LogP contribution is -2.63. The Labute approximate surface area is 250 Å². The Morgan fingerprint density at radius 1 is 1.00 bits per heavy atom. The number of nitrogens with zero attached hydrogens (tertiary/aromatic N) is 3. The van der Waals surface area contributed by atoms with Crippen LogP contribution in [-0.4, -0.2) is 89.9 Å².